The van der Waals surface area contributed by atoms with E-state index in [1.54, 1.807) is 61.5 Å². The number of rotatable bonds is 5. The molecule has 2 rings (SSSR count). The number of benzene rings is 2. The van der Waals surface area contributed by atoms with Crippen molar-refractivity contribution in [2.75, 3.05) is 0 Å². The van der Waals surface area contributed by atoms with Gasteiger partial charge in [-0.1, -0.05) is 60.6 Å². The Morgan fingerprint density at radius 3 is 1.70 bits per heavy atom. The molecule has 2 aromatic carbocycles. The van der Waals surface area contributed by atoms with Gasteiger partial charge in [0.05, 0.1) is 0 Å². The third-order valence-corrected chi connectivity index (χ3v) is 3.94. The highest BCUT2D eigenvalue weighted by Gasteiger charge is 2.35. The molecule has 0 saturated heterocycles. The first-order chi connectivity index (χ1) is 10.9. The Morgan fingerprint density at radius 2 is 1.39 bits per heavy atom. The molecule has 118 valence electrons. The van der Waals surface area contributed by atoms with Crippen LogP contribution in [0.2, 0.25) is 10.0 Å². The van der Waals surface area contributed by atoms with Crippen molar-refractivity contribution in [3.05, 3.63) is 94.5 Å². The fourth-order valence-electron chi connectivity index (χ4n) is 2.19. The molecule has 0 atom stereocenters. The number of halogens is 2. The van der Waals surface area contributed by atoms with Gasteiger partial charge in [-0.2, -0.15) is 0 Å². The van der Waals surface area contributed by atoms with Crippen LogP contribution in [-0.4, -0.2) is 5.97 Å². The third kappa shape index (κ3) is 3.66. The Kier molecular flexibility index (Phi) is 5.30. The first-order valence-corrected chi connectivity index (χ1v) is 7.69. The zero-order valence-corrected chi connectivity index (χ0v) is 14.2. The first kappa shape index (κ1) is 17.3. The van der Waals surface area contributed by atoms with E-state index in [0.717, 1.165) is 11.1 Å². The molecule has 0 aliphatic carbocycles. The van der Waals surface area contributed by atoms with Crippen molar-refractivity contribution < 1.29 is 9.53 Å². The van der Waals surface area contributed by atoms with Crippen molar-refractivity contribution >= 4 is 29.2 Å². The van der Waals surface area contributed by atoms with E-state index in [1.165, 1.54) is 0 Å². The minimum Gasteiger partial charge on any atom is -0.442 e. The van der Waals surface area contributed by atoms with Crippen LogP contribution >= 0.6 is 23.2 Å². The van der Waals surface area contributed by atoms with Gasteiger partial charge in [-0.25, -0.2) is 4.79 Å². The van der Waals surface area contributed by atoms with Crippen molar-refractivity contribution in [1.29, 1.82) is 0 Å². The van der Waals surface area contributed by atoms with Gasteiger partial charge in [-0.3, -0.25) is 0 Å². The Balaban J connectivity index is 2.62. The number of esters is 1. The van der Waals surface area contributed by atoms with E-state index in [0.29, 0.717) is 15.6 Å². The predicted molar refractivity (Wildman–Crippen MR) is 94.8 cm³/mol. The van der Waals surface area contributed by atoms with Crippen LogP contribution < -0.4 is 0 Å². The molecule has 0 fully saturated rings. The smallest absolute Gasteiger partial charge is 0.334 e. The highest BCUT2D eigenvalue weighted by Crippen LogP contribution is 2.36. The largest absolute Gasteiger partial charge is 0.442 e. The zero-order valence-electron chi connectivity index (χ0n) is 12.7. The highest BCUT2D eigenvalue weighted by molar-refractivity contribution is 6.30. The van der Waals surface area contributed by atoms with Crippen LogP contribution in [0.25, 0.3) is 0 Å². The second kappa shape index (κ2) is 7.03. The normalized spacial score (nSPS) is 10.9. The van der Waals surface area contributed by atoms with Crippen LogP contribution in [0.3, 0.4) is 0 Å². The lowest BCUT2D eigenvalue weighted by atomic mass is 9.86. The average Bonchev–Trinajstić information content (AvgIpc) is 2.54. The van der Waals surface area contributed by atoms with E-state index in [2.05, 4.69) is 13.2 Å². The maximum Gasteiger partial charge on any atom is 0.334 e. The predicted octanol–water partition coefficient (Wildman–Crippen LogP) is 5.54. The van der Waals surface area contributed by atoms with Crippen molar-refractivity contribution in [1.82, 2.24) is 0 Å². The summed E-state index contributed by atoms with van der Waals surface area (Å²) in [7, 11) is 0. The van der Waals surface area contributed by atoms with Gasteiger partial charge in [0, 0.05) is 26.7 Å². The van der Waals surface area contributed by atoms with Gasteiger partial charge >= 0.3 is 5.97 Å². The molecule has 0 saturated carbocycles. The lowest BCUT2D eigenvalue weighted by molar-refractivity contribution is -0.147. The van der Waals surface area contributed by atoms with Crippen LogP contribution in [0.1, 0.15) is 18.1 Å². The highest BCUT2D eigenvalue weighted by atomic mass is 35.5. The fourth-order valence-corrected chi connectivity index (χ4v) is 2.44. The van der Waals surface area contributed by atoms with Crippen LogP contribution in [0.15, 0.2) is 73.3 Å². The Labute approximate surface area is 146 Å². The molecule has 2 nitrogen and oxygen atoms in total. The summed E-state index contributed by atoms with van der Waals surface area (Å²) in [5.41, 5.74) is 0.618. The quantitative estimate of drug-likeness (QED) is 0.403. The number of carbonyl (C=O) groups is 1. The Bertz CT molecular complexity index is 685. The van der Waals surface area contributed by atoms with Crippen LogP contribution in [0, 0.1) is 0 Å². The second-order valence-corrected chi connectivity index (χ2v) is 6.00. The number of ether oxygens (including phenoxy) is 1. The molecule has 0 aliphatic rings. The van der Waals surface area contributed by atoms with Crippen molar-refractivity contribution in [3.63, 3.8) is 0 Å². The molecule has 0 bridgehead atoms. The van der Waals surface area contributed by atoms with E-state index < -0.39 is 11.6 Å². The van der Waals surface area contributed by atoms with E-state index in [9.17, 15) is 4.79 Å². The Morgan fingerprint density at radius 1 is 1.00 bits per heavy atom. The molecule has 23 heavy (non-hydrogen) atoms. The van der Waals surface area contributed by atoms with E-state index in [4.69, 9.17) is 27.9 Å². The standard InChI is InChI=1S/C19H16Cl2O2/c1-4-19(23-18(22)13(2)3,14-5-9-16(20)10-6-14)15-7-11-17(21)12-8-15/h4-12H,1-2H2,3H3. The molecule has 0 aromatic heterocycles. The third-order valence-electron chi connectivity index (χ3n) is 3.44. The summed E-state index contributed by atoms with van der Waals surface area (Å²) in [5.74, 6) is -0.505. The number of hydrogen-bond donors (Lipinski definition) is 0. The maximum absolute atomic E-state index is 12.2. The van der Waals surface area contributed by atoms with Gasteiger partial charge in [-0.15, -0.1) is 0 Å². The van der Waals surface area contributed by atoms with Gasteiger partial charge < -0.3 is 4.74 Å². The summed E-state index contributed by atoms with van der Waals surface area (Å²) in [6.07, 6.45) is 1.58. The summed E-state index contributed by atoms with van der Waals surface area (Å²) < 4.78 is 5.76. The SMILES string of the molecule is C=CC(OC(=O)C(=C)C)(c1ccc(Cl)cc1)c1ccc(Cl)cc1. The monoisotopic (exact) mass is 346 g/mol. The molecule has 0 unspecified atom stereocenters. The van der Waals surface area contributed by atoms with Crippen LogP contribution in [0.4, 0.5) is 0 Å². The van der Waals surface area contributed by atoms with E-state index >= 15 is 0 Å². The minimum atomic E-state index is -1.15. The lowest BCUT2D eigenvalue weighted by Crippen LogP contribution is -2.32. The van der Waals surface area contributed by atoms with E-state index in [1.807, 2.05) is 0 Å². The van der Waals surface area contributed by atoms with Gasteiger partial charge in [0.15, 0.2) is 5.60 Å². The molecule has 0 aliphatic heterocycles. The Hall–Kier alpha value is -2.03. The maximum atomic E-state index is 12.2. The zero-order chi connectivity index (χ0) is 17.0. The molecule has 0 N–H and O–H groups in total. The van der Waals surface area contributed by atoms with Gasteiger partial charge in [-0.05, 0) is 37.3 Å². The summed E-state index contributed by atoms with van der Waals surface area (Å²) >= 11 is 11.9. The lowest BCUT2D eigenvalue weighted by Gasteiger charge is -2.31. The van der Waals surface area contributed by atoms with Gasteiger partial charge in [0.25, 0.3) is 0 Å². The van der Waals surface area contributed by atoms with Crippen LogP contribution in [0.5, 0.6) is 0 Å². The average molecular weight is 347 g/mol. The topological polar surface area (TPSA) is 26.3 Å². The molecular formula is C19H16Cl2O2. The van der Waals surface area contributed by atoms with E-state index in [-0.39, 0.29) is 0 Å². The number of carbonyl (C=O) groups excluding carboxylic acids is 1. The number of hydrogen-bond acceptors (Lipinski definition) is 2. The van der Waals surface area contributed by atoms with Crippen molar-refractivity contribution in [2.24, 2.45) is 0 Å². The van der Waals surface area contributed by atoms with Gasteiger partial charge in [0.2, 0.25) is 0 Å². The summed E-state index contributed by atoms with van der Waals surface area (Å²) in [4.78, 5) is 12.2. The molecule has 0 amide bonds. The molecule has 2 aromatic rings. The molecule has 0 radical (unpaired) electrons. The second-order valence-electron chi connectivity index (χ2n) is 5.12. The summed E-state index contributed by atoms with van der Waals surface area (Å²) in [6, 6.07) is 14.1. The first-order valence-electron chi connectivity index (χ1n) is 6.93. The molecule has 4 heteroatoms. The summed E-state index contributed by atoms with van der Waals surface area (Å²) in [6.45, 7) is 9.11. The van der Waals surface area contributed by atoms with Gasteiger partial charge in [0.1, 0.15) is 0 Å². The van der Waals surface area contributed by atoms with Crippen LogP contribution in [-0.2, 0) is 15.1 Å². The summed E-state index contributed by atoms with van der Waals surface area (Å²) in [5, 5.41) is 1.18. The minimum absolute atomic E-state index is 0.305. The fraction of sp³-hybridized carbons (Fsp3) is 0.105. The molecule has 0 heterocycles. The molecule has 0 spiro atoms. The van der Waals surface area contributed by atoms with Crippen molar-refractivity contribution in [2.45, 2.75) is 12.5 Å². The molecular weight excluding hydrogens is 331 g/mol. The van der Waals surface area contributed by atoms with Crippen molar-refractivity contribution in [3.8, 4) is 0 Å².